The topological polar surface area (TPSA) is 104 Å². The number of pyridine rings is 1. The van der Waals surface area contributed by atoms with Gasteiger partial charge in [-0.15, -0.1) is 0 Å². The Bertz CT molecular complexity index is 1000. The van der Waals surface area contributed by atoms with E-state index in [2.05, 4.69) is 15.4 Å². The van der Waals surface area contributed by atoms with E-state index >= 15 is 0 Å². The highest BCUT2D eigenvalue weighted by Crippen LogP contribution is 2.22. The van der Waals surface area contributed by atoms with Crippen LogP contribution in [0.5, 0.6) is 0 Å². The van der Waals surface area contributed by atoms with Gasteiger partial charge in [-0.05, 0) is 37.3 Å². The van der Waals surface area contributed by atoms with E-state index in [1.807, 2.05) is 43.3 Å². The van der Waals surface area contributed by atoms with E-state index in [1.165, 1.54) is 10.9 Å². The molecule has 3 aromatic rings. The van der Waals surface area contributed by atoms with Crippen LogP contribution in [0.15, 0.2) is 59.7 Å². The Morgan fingerprint density at radius 2 is 1.93 bits per heavy atom. The highest BCUT2D eigenvalue weighted by atomic mass is 16.3. The molecular formula is C21H25N5O3. The molecule has 2 atom stereocenters. The summed E-state index contributed by atoms with van der Waals surface area (Å²) in [5, 5.41) is 27.1. The summed E-state index contributed by atoms with van der Waals surface area (Å²) in [4.78, 5) is 19.1. The maximum atomic E-state index is 13.0. The summed E-state index contributed by atoms with van der Waals surface area (Å²) < 4.78 is 1.23. The number of aliphatic hydroxyl groups excluding tert-OH is 2. The standard InChI is InChI=1S/C21H25N5O3/c1-14(13-27)23-20(28)18-11-19(15-6-8-16(9-7-15)25(2)3)24-26(21(18)29)17-5-4-10-22-12-17/h4-12,14,20,23,27-28H,13H2,1-3H3/t14-,20?/m0/s1. The molecule has 0 aliphatic rings. The number of aromatic nitrogens is 3. The van der Waals surface area contributed by atoms with E-state index in [0.29, 0.717) is 11.4 Å². The largest absolute Gasteiger partial charge is 0.395 e. The van der Waals surface area contributed by atoms with E-state index in [4.69, 9.17) is 0 Å². The molecule has 0 radical (unpaired) electrons. The molecule has 2 aromatic heterocycles. The number of anilines is 1. The van der Waals surface area contributed by atoms with Crippen molar-refractivity contribution in [1.82, 2.24) is 20.1 Å². The fraction of sp³-hybridized carbons (Fsp3) is 0.286. The molecule has 0 saturated heterocycles. The summed E-state index contributed by atoms with van der Waals surface area (Å²) in [7, 11) is 3.91. The lowest BCUT2D eigenvalue weighted by molar-refractivity contribution is 0.107. The van der Waals surface area contributed by atoms with Crippen molar-refractivity contribution < 1.29 is 10.2 Å². The number of rotatable bonds is 7. The monoisotopic (exact) mass is 395 g/mol. The van der Waals surface area contributed by atoms with Crippen LogP contribution in [0.4, 0.5) is 5.69 Å². The van der Waals surface area contributed by atoms with Crippen LogP contribution in [-0.4, -0.2) is 51.7 Å². The Labute approximate surface area is 169 Å². The maximum Gasteiger partial charge on any atom is 0.278 e. The van der Waals surface area contributed by atoms with Crippen molar-refractivity contribution in [3.8, 4) is 16.9 Å². The van der Waals surface area contributed by atoms with Crippen molar-refractivity contribution in [1.29, 1.82) is 0 Å². The minimum absolute atomic E-state index is 0.135. The molecule has 0 fully saturated rings. The molecule has 152 valence electrons. The summed E-state index contributed by atoms with van der Waals surface area (Å²) in [6.07, 6.45) is 1.89. The summed E-state index contributed by atoms with van der Waals surface area (Å²) >= 11 is 0. The molecule has 0 aliphatic carbocycles. The Balaban J connectivity index is 2.13. The predicted molar refractivity (Wildman–Crippen MR) is 112 cm³/mol. The van der Waals surface area contributed by atoms with Crippen LogP contribution in [0.25, 0.3) is 16.9 Å². The van der Waals surface area contributed by atoms with E-state index < -0.39 is 11.8 Å². The first kappa shape index (κ1) is 20.7. The van der Waals surface area contributed by atoms with Crippen LogP contribution >= 0.6 is 0 Å². The van der Waals surface area contributed by atoms with Crippen LogP contribution in [0.2, 0.25) is 0 Å². The SMILES string of the molecule is C[C@@H](CO)NC(O)c1cc(-c2ccc(N(C)C)cc2)nn(-c2cccnc2)c1=O. The Morgan fingerprint density at radius 3 is 2.52 bits per heavy atom. The van der Waals surface area contributed by atoms with Crippen molar-refractivity contribution in [2.45, 2.75) is 19.2 Å². The first-order chi connectivity index (χ1) is 13.9. The molecule has 0 amide bonds. The second kappa shape index (κ2) is 8.95. The van der Waals surface area contributed by atoms with Crippen molar-refractivity contribution in [3.05, 3.63) is 70.8 Å². The van der Waals surface area contributed by atoms with E-state index in [1.54, 1.807) is 31.3 Å². The quantitative estimate of drug-likeness (QED) is 0.519. The minimum atomic E-state index is -1.25. The van der Waals surface area contributed by atoms with Gasteiger partial charge in [-0.25, -0.2) is 0 Å². The summed E-state index contributed by atoms with van der Waals surface area (Å²) in [5.41, 5.74) is 2.54. The zero-order valence-corrected chi connectivity index (χ0v) is 16.6. The second-order valence-corrected chi connectivity index (χ2v) is 7.01. The first-order valence-corrected chi connectivity index (χ1v) is 9.28. The van der Waals surface area contributed by atoms with Crippen molar-refractivity contribution >= 4 is 5.69 Å². The van der Waals surface area contributed by atoms with Gasteiger partial charge >= 0.3 is 0 Å². The van der Waals surface area contributed by atoms with E-state index in [9.17, 15) is 15.0 Å². The Hall–Kier alpha value is -3.07. The number of aliphatic hydroxyl groups is 2. The predicted octanol–water partition coefficient (Wildman–Crippen LogP) is 1.32. The van der Waals surface area contributed by atoms with Crippen molar-refractivity contribution in [2.75, 3.05) is 25.6 Å². The molecule has 0 bridgehead atoms. The molecule has 0 aliphatic heterocycles. The molecule has 8 nitrogen and oxygen atoms in total. The fourth-order valence-corrected chi connectivity index (χ4v) is 2.85. The first-order valence-electron chi connectivity index (χ1n) is 9.28. The van der Waals surface area contributed by atoms with Gasteiger partial charge in [-0.1, -0.05) is 12.1 Å². The Morgan fingerprint density at radius 1 is 1.21 bits per heavy atom. The molecule has 0 saturated carbocycles. The van der Waals surface area contributed by atoms with Gasteiger partial charge in [0, 0.05) is 37.6 Å². The van der Waals surface area contributed by atoms with Crippen molar-refractivity contribution in [3.63, 3.8) is 0 Å². The molecule has 29 heavy (non-hydrogen) atoms. The smallest absolute Gasteiger partial charge is 0.278 e. The van der Waals surface area contributed by atoms with Gasteiger partial charge in [0.05, 0.1) is 29.7 Å². The Kier molecular flexibility index (Phi) is 6.38. The number of nitrogens with zero attached hydrogens (tertiary/aromatic N) is 4. The fourth-order valence-electron chi connectivity index (χ4n) is 2.85. The van der Waals surface area contributed by atoms with Gasteiger partial charge in [-0.3, -0.25) is 15.1 Å². The number of hydrogen-bond acceptors (Lipinski definition) is 7. The van der Waals surface area contributed by atoms with Gasteiger partial charge in [0.1, 0.15) is 6.23 Å². The zero-order valence-electron chi connectivity index (χ0n) is 16.6. The van der Waals surface area contributed by atoms with Gasteiger partial charge in [-0.2, -0.15) is 9.78 Å². The van der Waals surface area contributed by atoms with Crippen molar-refractivity contribution in [2.24, 2.45) is 0 Å². The summed E-state index contributed by atoms with van der Waals surface area (Å²) in [6.45, 7) is 1.54. The molecule has 2 heterocycles. The summed E-state index contributed by atoms with van der Waals surface area (Å²) in [6, 6.07) is 12.4. The van der Waals surface area contributed by atoms with Crippen LogP contribution in [0.1, 0.15) is 18.7 Å². The van der Waals surface area contributed by atoms with E-state index in [-0.39, 0.29) is 18.2 Å². The molecule has 8 heteroatoms. The third-order valence-electron chi connectivity index (χ3n) is 4.52. The summed E-state index contributed by atoms with van der Waals surface area (Å²) in [5.74, 6) is 0. The number of hydrogen-bond donors (Lipinski definition) is 3. The van der Waals surface area contributed by atoms with Crippen LogP contribution in [0, 0.1) is 0 Å². The molecule has 3 N–H and O–H groups in total. The van der Waals surface area contributed by atoms with Crippen LogP contribution < -0.4 is 15.8 Å². The lowest BCUT2D eigenvalue weighted by Crippen LogP contribution is -2.37. The maximum absolute atomic E-state index is 13.0. The molecular weight excluding hydrogens is 370 g/mol. The average molecular weight is 395 g/mol. The number of benzene rings is 1. The van der Waals surface area contributed by atoms with Crippen LogP contribution in [-0.2, 0) is 0 Å². The number of nitrogens with one attached hydrogen (secondary N) is 1. The van der Waals surface area contributed by atoms with Gasteiger partial charge < -0.3 is 15.1 Å². The zero-order chi connectivity index (χ0) is 21.0. The lowest BCUT2D eigenvalue weighted by atomic mass is 10.1. The lowest BCUT2D eigenvalue weighted by Gasteiger charge is -2.19. The molecule has 0 spiro atoms. The average Bonchev–Trinajstić information content (AvgIpc) is 2.74. The van der Waals surface area contributed by atoms with Crippen LogP contribution in [0.3, 0.4) is 0 Å². The second-order valence-electron chi connectivity index (χ2n) is 7.01. The highest BCUT2D eigenvalue weighted by molar-refractivity contribution is 5.63. The highest BCUT2D eigenvalue weighted by Gasteiger charge is 2.19. The third kappa shape index (κ3) is 4.68. The molecule has 1 unspecified atom stereocenters. The molecule has 1 aromatic carbocycles. The minimum Gasteiger partial charge on any atom is -0.395 e. The van der Waals surface area contributed by atoms with Gasteiger partial charge in [0.25, 0.3) is 5.56 Å². The molecule has 3 rings (SSSR count). The third-order valence-corrected chi connectivity index (χ3v) is 4.52. The van der Waals surface area contributed by atoms with Gasteiger partial charge in [0.2, 0.25) is 0 Å². The van der Waals surface area contributed by atoms with E-state index in [0.717, 1.165) is 11.3 Å². The normalized spacial score (nSPS) is 13.1. The van der Waals surface area contributed by atoms with Gasteiger partial charge in [0.15, 0.2) is 0 Å².